The van der Waals surface area contributed by atoms with Crippen molar-refractivity contribution in [2.45, 2.75) is 47.1 Å². The van der Waals surface area contributed by atoms with Gasteiger partial charge in [-0.1, -0.05) is 6.92 Å². The molecule has 21 heavy (non-hydrogen) atoms. The van der Waals surface area contributed by atoms with Crippen molar-refractivity contribution < 1.29 is 4.79 Å². The van der Waals surface area contributed by atoms with Crippen LogP contribution in [0.5, 0.6) is 0 Å². The highest BCUT2D eigenvalue weighted by Crippen LogP contribution is 2.19. The fourth-order valence-corrected chi connectivity index (χ4v) is 3.40. The molecular formula is C16H23N3OS. The average Bonchev–Trinajstić information content (AvgIpc) is 3.00. The normalized spacial score (nSPS) is 12.4. The zero-order chi connectivity index (χ0) is 15.6. The maximum Gasteiger partial charge on any atom is 0.253 e. The van der Waals surface area contributed by atoms with Crippen molar-refractivity contribution in [1.29, 1.82) is 0 Å². The molecule has 1 amide bonds. The van der Waals surface area contributed by atoms with Crippen molar-refractivity contribution in [2.75, 3.05) is 6.54 Å². The number of amides is 1. The summed E-state index contributed by atoms with van der Waals surface area (Å²) in [5.74, 6) is 0.241. The standard InChI is InChI=1S/C16H23N3OS/c1-6-19-12(4)7-14(13(19)5)15(20)17-8-10(2)16-18-11(3)9-21-16/h7,9-10H,6,8H2,1-5H3,(H,17,20)/t10-/m0/s1. The number of hydrogen-bond acceptors (Lipinski definition) is 3. The van der Waals surface area contributed by atoms with Crippen molar-refractivity contribution in [2.24, 2.45) is 0 Å². The highest BCUT2D eigenvalue weighted by molar-refractivity contribution is 7.09. The Labute approximate surface area is 130 Å². The number of carbonyl (C=O) groups is 1. The van der Waals surface area contributed by atoms with Gasteiger partial charge in [-0.3, -0.25) is 4.79 Å². The second-order valence-corrected chi connectivity index (χ2v) is 6.36. The highest BCUT2D eigenvalue weighted by Gasteiger charge is 2.16. The summed E-state index contributed by atoms with van der Waals surface area (Å²) in [6, 6.07) is 1.96. The van der Waals surface area contributed by atoms with E-state index in [1.165, 1.54) is 0 Å². The van der Waals surface area contributed by atoms with Crippen LogP contribution in [-0.4, -0.2) is 22.0 Å². The Hall–Kier alpha value is -1.62. The van der Waals surface area contributed by atoms with E-state index in [1.54, 1.807) is 11.3 Å². The average molecular weight is 305 g/mol. The van der Waals surface area contributed by atoms with E-state index >= 15 is 0 Å². The van der Waals surface area contributed by atoms with Crippen LogP contribution in [0.15, 0.2) is 11.4 Å². The number of thiazole rings is 1. The zero-order valence-corrected chi connectivity index (χ0v) is 14.2. The van der Waals surface area contributed by atoms with Gasteiger partial charge in [0.15, 0.2) is 0 Å². The van der Waals surface area contributed by atoms with E-state index in [-0.39, 0.29) is 11.8 Å². The summed E-state index contributed by atoms with van der Waals surface area (Å²) >= 11 is 1.65. The summed E-state index contributed by atoms with van der Waals surface area (Å²) in [6.45, 7) is 11.7. The predicted octanol–water partition coefficient (Wildman–Crippen LogP) is 3.42. The predicted molar refractivity (Wildman–Crippen MR) is 87.2 cm³/mol. The van der Waals surface area contributed by atoms with Gasteiger partial charge in [-0.25, -0.2) is 4.98 Å². The largest absolute Gasteiger partial charge is 0.351 e. The van der Waals surface area contributed by atoms with Crippen LogP contribution in [0.1, 0.15) is 52.2 Å². The number of nitrogens with one attached hydrogen (secondary N) is 1. The molecule has 0 bridgehead atoms. The minimum Gasteiger partial charge on any atom is -0.351 e. The molecule has 0 aliphatic rings. The lowest BCUT2D eigenvalue weighted by atomic mass is 10.1. The Morgan fingerprint density at radius 1 is 1.43 bits per heavy atom. The van der Waals surface area contributed by atoms with E-state index in [2.05, 4.69) is 28.7 Å². The van der Waals surface area contributed by atoms with Gasteiger partial charge in [0.2, 0.25) is 0 Å². The van der Waals surface area contributed by atoms with E-state index in [1.807, 2.05) is 32.2 Å². The molecule has 0 unspecified atom stereocenters. The molecule has 2 heterocycles. The van der Waals surface area contributed by atoms with Gasteiger partial charge in [0.05, 0.1) is 10.6 Å². The first-order chi connectivity index (χ1) is 9.93. The first-order valence-corrected chi connectivity index (χ1v) is 8.19. The molecule has 2 rings (SSSR count). The summed E-state index contributed by atoms with van der Waals surface area (Å²) in [7, 11) is 0. The van der Waals surface area contributed by atoms with E-state index in [0.29, 0.717) is 6.54 Å². The van der Waals surface area contributed by atoms with Gasteiger partial charge in [0.25, 0.3) is 5.91 Å². The van der Waals surface area contributed by atoms with Crippen LogP contribution in [-0.2, 0) is 6.54 Å². The second kappa shape index (κ2) is 6.43. The lowest BCUT2D eigenvalue weighted by Crippen LogP contribution is -2.27. The first-order valence-electron chi connectivity index (χ1n) is 7.31. The monoisotopic (exact) mass is 305 g/mol. The molecule has 0 aliphatic heterocycles. The van der Waals surface area contributed by atoms with Gasteiger partial charge in [-0.15, -0.1) is 11.3 Å². The summed E-state index contributed by atoms with van der Waals surface area (Å²) in [4.78, 5) is 16.8. The molecule has 0 saturated carbocycles. The Morgan fingerprint density at radius 2 is 2.14 bits per heavy atom. The molecule has 1 atom stereocenters. The minimum atomic E-state index is 0.00271. The van der Waals surface area contributed by atoms with E-state index in [9.17, 15) is 4.79 Å². The molecule has 1 N–H and O–H groups in total. The number of nitrogens with zero attached hydrogens (tertiary/aromatic N) is 2. The van der Waals surface area contributed by atoms with Crippen LogP contribution in [0.4, 0.5) is 0 Å². The summed E-state index contributed by atoms with van der Waals surface area (Å²) in [5, 5.41) is 6.15. The van der Waals surface area contributed by atoms with Crippen LogP contribution in [0.25, 0.3) is 0 Å². The van der Waals surface area contributed by atoms with Crippen molar-refractivity contribution >= 4 is 17.2 Å². The zero-order valence-electron chi connectivity index (χ0n) is 13.4. The Balaban J connectivity index is 2.02. The lowest BCUT2D eigenvalue weighted by molar-refractivity contribution is 0.0951. The SMILES string of the molecule is CCn1c(C)cc(C(=O)NC[C@H](C)c2nc(C)cs2)c1C. The number of aryl methyl sites for hydroxylation is 2. The van der Waals surface area contributed by atoms with Crippen LogP contribution >= 0.6 is 11.3 Å². The highest BCUT2D eigenvalue weighted by atomic mass is 32.1. The maximum absolute atomic E-state index is 12.3. The molecular weight excluding hydrogens is 282 g/mol. The number of aromatic nitrogens is 2. The van der Waals surface area contributed by atoms with Gasteiger partial charge in [0.1, 0.15) is 0 Å². The number of carbonyl (C=O) groups excluding carboxylic acids is 1. The van der Waals surface area contributed by atoms with Gasteiger partial charge in [0, 0.05) is 41.5 Å². The molecule has 114 valence electrons. The van der Waals surface area contributed by atoms with Crippen molar-refractivity contribution in [1.82, 2.24) is 14.9 Å². The molecule has 0 radical (unpaired) electrons. The van der Waals surface area contributed by atoms with Crippen LogP contribution in [0.2, 0.25) is 0 Å². The van der Waals surface area contributed by atoms with Gasteiger partial charge in [-0.2, -0.15) is 0 Å². The summed E-state index contributed by atoms with van der Waals surface area (Å²) in [6.07, 6.45) is 0. The molecule has 2 aromatic rings. The van der Waals surface area contributed by atoms with Crippen molar-refractivity contribution in [3.8, 4) is 0 Å². The van der Waals surface area contributed by atoms with Crippen molar-refractivity contribution in [3.63, 3.8) is 0 Å². The van der Waals surface area contributed by atoms with Gasteiger partial charge in [-0.05, 0) is 33.8 Å². The molecule has 0 aromatic carbocycles. The van der Waals surface area contributed by atoms with E-state index in [0.717, 1.165) is 34.2 Å². The Kier molecular flexibility index (Phi) is 4.83. The van der Waals surface area contributed by atoms with Crippen molar-refractivity contribution in [3.05, 3.63) is 39.1 Å². The smallest absolute Gasteiger partial charge is 0.253 e. The Morgan fingerprint density at radius 3 is 2.67 bits per heavy atom. The molecule has 5 heteroatoms. The second-order valence-electron chi connectivity index (χ2n) is 5.47. The Bertz CT molecular complexity index is 642. The quantitative estimate of drug-likeness (QED) is 0.920. The molecule has 0 saturated heterocycles. The van der Waals surface area contributed by atoms with Crippen LogP contribution < -0.4 is 5.32 Å². The fraction of sp³-hybridized carbons (Fsp3) is 0.500. The third-order valence-electron chi connectivity index (χ3n) is 3.76. The van der Waals surface area contributed by atoms with E-state index < -0.39 is 0 Å². The van der Waals surface area contributed by atoms with Crippen LogP contribution in [0, 0.1) is 20.8 Å². The lowest BCUT2D eigenvalue weighted by Gasteiger charge is -2.10. The third kappa shape index (κ3) is 3.35. The summed E-state index contributed by atoms with van der Waals surface area (Å²) in [5.41, 5.74) is 3.98. The van der Waals surface area contributed by atoms with Crippen LogP contribution in [0.3, 0.4) is 0 Å². The fourth-order valence-electron chi connectivity index (χ4n) is 2.54. The molecule has 0 spiro atoms. The molecule has 2 aromatic heterocycles. The topological polar surface area (TPSA) is 46.9 Å². The molecule has 4 nitrogen and oxygen atoms in total. The van der Waals surface area contributed by atoms with E-state index in [4.69, 9.17) is 0 Å². The first kappa shape index (κ1) is 15.8. The third-order valence-corrected chi connectivity index (χ3v) is 4.96. The minimum absolute atomic E-state index is 0.00271. The van der Waals surface area contributed by atoms with Gasteiger partial charge >= 0.3 is 0 Å². The molecule has 0 fully saturated rings. The maximum atomic E-state index is 12.3. The summed E-state index contributed by atoms with van der Waals surface area (Å²) < 4.78 is 2.16. The number of hydrogen-bond donors (Lipinski definition) is 1. The number of rotatable bonds is 5. The molecule has 0 aliphatic carbocycles. The van der Waals surface area contributed by atoms with Gasteiger partial charge < -0.3 is 9.88 Å².